The van der Waals surface area contributed by atoms with Crippen LogP contribution in [0.1, 0.15) is 19.8 Å². The smallest absolute Gasteiger partial charge is 0.225 e. The number of rotatable bonds is 4. The molecule has 3 rings (SSSR count). The summed E-state index contributed by atoms with van der Waals surface area (Å²) in [5, 5.41) is 6.43. The van der Waals surface area contributed by atoms with Crippen LogP contribution in [-0.4, -0.2) is 48.1 Å². The van der Waals surface area contributed by atoms with E-state index in [2.05, 4.69) is 25.5 Å². The first kappa shape index (κ1) is 14.3. The van der Waals surface area contributed by atoms with Gasteiger partial charge in [-0.3, -0.25) is 4.79 Å². The summed E-state index contributed by atoms with van der Waals surface area (Å²) in [4.78, 5) is 23.0. The lowest BCUT2D eigenvalue weighted by Gasteiger charge is -2.35. The van der Waals surface area contributed by atoms with Gasteiger partial charge >= 0.3 is 0 Å². The normalized spacial score (nSPS) is 21.7. The van der Waals surface area contributed by atoms with Gasteiger partial charge in [0.1, 0.15) is 0 Å². The SMILES string of the molecule is CC(C(=O)NC1CCN(c2ncccn2)CC1)C1CNC1. The maximum absolute atomic E-state index is 12.2. The molecule has 21 heavy (non-hydrogen) atoms. The van der Waals surface area contributed by atoms with Crippen molar-refractivity contribution in [2.24, 2.45) is 11.8 Å². The average molecular weight is 289 g/mol. The minimum Gasteiger partial charge on any atom is -0.353 e. The standard InChI is InChI=1S/C15H23N5O/c1-11(12-9-16-10-12)14(21)19-13-3-7-20(8-4-13)15-17-5-2-6-18-15/h2,5-6,11-13,16H,3-4,7-10H2,1H3,(H,19,21). The van der Waals surface area contributed by atoms with Gasteiger partial charge in [0.15, 0.2) is 0 Å². The molecule has 1 amide bonds. The van der Waals surface area contributed by atoms with E-state index >= 15 is 0 Å². The van der Waals surface area contributed by atoms with Gasteiger partial charge in [-0.2, -0.15) is 0 Å². The molecular weight excluding hydrogens is 266 g/mol. The first-order valence-electron chi connectivity index (χ1n) is 7.77. The van der Waals surface area contributed by atoms with Crippen LogP contribution >= 0.6 is 0 Å². The predicted octanol–water partition coefficient (Wildman–Crippen LogP) is 0.417. The second-order valence-electron chi connectivity index (χ2n) is 6.03. The van der Waals surface area contributed by atoms with Crippen molar-refractivity contribution in [3.8, 4) is 0 Å². The van der Waals surface area contributed by atoms with Gasteiger partial charge in [0.05, 0.1) is 0 Å². The number of aromatic nitrogens is 2. The van der Waals surface area contributed by atoms with E-state index in [0.717, 1.165) is 45.0 Å². The molecule has 1 atom stereocenters. The van der Waals surface area contributed by atoms with Gasteiger partial charge in [-0.1, -0.05) is 6.92 Å². The second kappa shape index (κ2) is 6.39. The van der Waals surface area contributed by atoms with Crippen molar-refractivity contribution in [2.75, 3.05) is 31.1 Å². The first-order chi connectivity index (χ1) is 10.2. The van der Waals surface area contributed by atoms with E-state index in [1.165, 1.54) is 0 Å². The first-order valence-corrected chi connectivity index (χ1v) is 7.77. The molecule has 0 bridgehead atoms. The number of hydrogen-bond acceptors (Lipinski definition) is 5. The van der Waals surface area contributed by atoms with Crippen LogP contribution < -0.4 is 15.5 Å². The minimum absolute atomic E-state index is 0.113. The third-order valence-electron chi connectivity index (χ3n) is 4.61. The number of carbonyl (C=O) groups is 1. The summed E-state index contributed by atoms with van der Waals surface area (Å²) >= 11 is 0. The van der Waals surface area contributed by atoms with Crippen LogP contribution in [0.4, 0.5) is 5.95 Å². The molecule has 0 radical (unpaired) electrons. The lowest BCUT2D eigenvalue weighted by atomic mass is 9.88. The molecule has 3 heterocycles. The highest BCUT2D eigenvalue weighted by Gasteiger charge is 2.30. The molecule has 2 fully saturated rings. The summed E-state index contributed by atoms with van der Waals surface area (Å²) in [6, 6.07) is 2.11. The van der Waals surface area contributed by atoms with Crippen molar-refractivity contribution in [3.63, 3.8) is 0 Å². The quantitative estimate of drug-likeness (QED) is 0.840. The van der Waals surface area contributed by atoms with E-state index in [4.69, 9.17) is 0 Å². The predicted molar refractivity (Wildman–Crippen MR) is 80.9 cm³/mol. The van der Waals surface area contributed by atoms with Crippen LogP contribution in [0.3, 0.4) is 0 Å². The van der Waals surface area contributed by atoms with Crippen molar-refractivity contribution >= 4 is 11.9 Å². The highest BCUT2D eigenvalue weighted by molar-refractivity contribution is 5.79. The van der Waals surface area contributed by atoms with Gasteiger partial charge in [0.25, 0.3) is 0 Å². The molecule has 2 saturated heterocycles. The lowest BCUT2D eigenvalue weighted by molar-refractivity contribution is -0.127. The topological polar surface area (TPSA) is 70.2 Å². The Hall–Kier alpha value is -1.69. The van der Waals surface area contributed by atoms with E-state index in [-0.39, 0.29) is 17.9 Å². The molecule has 1 aromatic rings. The van der Waals surface area contributed by atoms with Gasteiger partial charge in [-0.15, -0.1) is 0 Å². The van der Waals surface area contributed by atoms with E-state index in [1.54, 1.807) is 12.4 Å². The fraction of sp³-hybridized carbons (Fsp3) is 0.667. The van der Waals surface area contributed by atoms with Crippen LogP contribution in [0, 0.1) is 11.8 Å². The third-order valence-corrected chi connectivity index (χ3v) is 4.61. The Morgan fingerprint density at radius 2 is 2.00 bits per heavy atom. The van der Waals surface area contributed by atoms with Gasteiger partial charge in [-0.25, -0.2) is 9.97 Å². The average Bonchev–Trinajstić information content (AvgIpc) is 2.47. The van der Waals surface area contributed by atoms with E-state index in [9.17, 15) is 4.79 Å². The minimum atomic E-state index is 0.113. The molecule has 114 valence electrons. The van der Waals surface area contributed by atoms with E-state index < -0.39 is 0 Å². The monoisotopic (exact) mass is 289 g/mol. The largest absolute Gasteiger partial charge is 0.353 e. The summed E-state index contributed by atoms with van der Waals surface area (Å²) < 4.78 is 0. The van der Waals surface area contributed by atoms with Gasteiger partial charge in [0.2, 0.25) is 11.9 Å². The second-order valence-corrected chi connectivity index (χ2v) is 6.03. The number of piperidine rings is 1. The zero-order chi connectivity index (χ0) is 14.7. The van der Waals surface area contributed by atoms with Crippen LogP contribution in [0.2, 0.25) is 0 Å². The Balaban J connectivity index is 1.46. The molecule has 6 nitrogen and oxygen atoms in total. The summed E-state index contributed by atoms with van der Waals surface area (Å²) in [6.07, 6.45) is 5.45. The number of carbonyl (C=O) groups excluding carboxylic acids is 1. The summed E-state index contributed by atoms with van der Waals surface area (Å²) in [6.45, 7) is 5.77. The lowest BCUT2D eigenvalue weighted by Crippen LogP contribution is -2.52. The molecule has 2 aliphatic rings. The van der Waals surface area contributed by atoms with Crippen molar-refractivity contribution in [3.05, 3.63) is 18.5 Å². The summed E-state index contributed by atoms with van der Waals surface area (Å²) in [5.41, 5.74) is 0. The van der Waals surface area contributed by atoms with Crippen LogP contribution in [-0.2, 0) is 4.79 Å². The zero-order valence-electron chi connectivity index (χ0n) is 12.5. The fourth-order valence-electron chi connectivity index (χ4n) is 2.89. The van der Waals surface area contributed by atoms with E-state index in [1.807, 2.05) is 13.0 Å². The number of anilines is 1. The summed E-state index contributed by atoms with van der Waals surface area (Å²) in [7, 11) is 0. The van der Waals surface area contributed by atoms with Crippen molar-refractivity contribution in [1.29, 1.82) is 0 Å². The van der Waals surface area contributed by atoms with Crippen molar-refractivity contribution in [2.45, 2.75) is 25.8 Å². The molecule has 2 N–H and O–H groups in total. The van der Waals surface area contributed by atoms with Crippen LogP contribution in [0.15, 0.2) is 18.5 Å². The maximum atomic E-state index is 12.2. The number of amides is 1. The highest BCUT2D eigenvalue weighted by atomic mass is 16.1. The fourth-order valence-corrected chi connectivity index (χ4v) is 2.89. The number of hydrogen-bond donors (Lipinski definition) is 2. The Morgan fingerprint density at radius 1 is 1.33 bits per heavy atom. The Bertz CT molecular complexity index is 468. The van der Waals surface area contributed by atoms with Crippen LogP contribution in [0.25, 0.3) is 0 Å². The number of nitrogens with one attached hydrogen (secondary N) is 2. The molecule has 0 saturated carbocycles. The molecule has 6 heteroatoms. The van der Waals surface area contributed by atoms with Crippen LogP contribution in [0.5, 0.6) is 0 Å². The third kappa shape index (κ3) is 3.32. The van der Waals surface area contributed by atoms with Gasteiger partial charge in [0, 0.05) is 37.4 Å². The van der Waals surface area contributed by atoms with Crippen molar-refractivity contribution < 1.29 is 4.79 Å². The zero-order valence-corrected chi connectivity index (χ0v) is 12.5. The van der Waals surface area contributed by atoms with Gasteiger partial charge < -0.3 is 15.5 Å². The summed E-state index contributed by atoms with van der Waals surface area (Å²) in [5.74, 6) is 1.61. The highest BCUT2D eigenvalue weighted by Crippen LogP contribution is 2.19. The Morgan fingerprint density at radius 3 is 2.57 bits per heavy atom. The van der Waals surface area contributed by atoms with Crippen molar-refractivity contribution in [1.82, 2.24) is 20.6 Å². The van der Waals surface area contributed by atoms with E-state index in [0.29, 0.717) is 5.92 Å². The Labute approximate surface area is 125 Å². The molecule has 1 aromatic heterocycles. The molecular formula is C15H23N5O. The number of nitrogens with zero attached hydrogens (tertiary/aromatic N) is 3. The molecule has 0 aromatic carbocycles. The van der Waals surface area contributed by atoms with Gasteiger partial charge in [-0.05, 0) is 37.9 Å². The molecule has 0 aliphatic carbocycles. The molecule has 0 spiro atoms. The molecule has 1 unspecified atom stereocenters. The Kier molecular flexibility index (Phi) is 4.34. The molecule has 2 aliphatic heterocycles. The maximum Gasteiger partial charge on any atom is 0.225 e.